The zero-order chi connectivity index (χ0) is 16.3. The Balaban J connectivity index is 2.07. The summed E-state index contributed by atoms with van der Waals surface area (Å²) in [6, 6.07) is 4.15. The smallest absolute Gasteiger partial charge is 0.335 e. The Hall–Kier alpha value is -1.86. The largest absolute Gasteiger partial charge is 0.478 e. The van der Waals surface area contributed by atoms with E-state index in [1.807, 2.05) is 0 Å². The molecule has 0 saturated heterocycles. The molecule has 0 fully saturated rings. The summed E-state index contributed by atoms with van der Waals surface area (Å²) in [5.74, 6) is -1.71. The fraction of sp³-hybridized carbons (Fsp3) is 0.214. The second kappa shape index (κ2) is 6.93. The zero-order valence-electron chi connectivity index (χ0n) is 11.6. The highest BCUT2D eigenvalue weighted by atomic mass is 79.9. The Morgan fingerprint density at radius 2 is 2.23 bits per heavy atom. The predicted molar refractivity (Wildman–Crippen MR) is 86.1 cm³/mol. The van der Waals surface area contributed by atoms with Gasteiger partial charge in [0, 0.05) is 6.20 Å². The van der Waals surface area contributed by atoms with Gasteiger partial charge in [0.25, 0.3) is 0 Å². The molecule has 1 heterocycles. The van der Waals surface area contributed by atoms with Crippen LogP contribution in [-0.2, 0) is 11.3 Å². The average Bonchev–Trinajstić information content (AvgIpc) is 2.86. The molecule has 0 radical (unpaired) electrons. The van der Waals surface area contributed by atoms with Crippen LogP contribution in [0.3, 0.4) is 0 Å². The van der Waals surface area contributed by atoms with Gasteiger partial charge in [0.1, 0.15) is 0 Å². The third-order valence-electron chi connectivity index (χ3n) is 2.98. The SMILES string of the molecule is C[C@@H](Cn1cc(Br)cn1)C(=O)Nc1cc(C(=O)O)ccc1Cl. The molecule has 0 aliphatic rings. The van der Waals surface area contributed by atoms with Crippen LogP contribution in [0.4, 0.5) is 5.69 Å². The van der Waals surface area contributed by atoms with Gasteiger partial charge in [0.2, 0.25) is 5.91 Å². The lowest BCUT2D eigenvalue weighted by atomic mass is 10.1. The van der Waals surface area contributed by atoms with Gasteiger partial charge in [-0.15, -0.1) is 0 Å². The van der Waals surface area contributed by atoms with Gasteiger partial charge in [0.15, 0.2) is 0 Å². The lowest BCUT2D eigenvalue weighted by Crippen LogP contribution is -2.24. The van der Waals surface area contributed by atoms with Crippen molar-refractivity contribution < 1.29 is 14.7 Å². The molecule has 0 aliphatic heterocycles. The summed E-state index contributed by atoms with van der Waals surface area (Å²) < 4.78 is 2.47. The Morgan fingerprint density at radius 1 is 1.50 bits per heavy atom. The number of anilines is 1. The monoisotopic (exact) mass is 385 g/mol. The minimum atomic E-state index is -1.08. The molecule has 0 spiro atoms. The van der Waals surface area contributed by atoms with Crippen molar-refractivity contribution in [1.82, 2.24) is 9.78 Å². The first-order valence-corrected chi connectivity index (χ1v) is 7.55. The topological polar surface area (TPSA) is 84.2 Å². The summed E-state index contributed by atoms with van der Waals surface area (Å²) in [6.45, 7) is 2.15. The van der Waals surface area contributed by atoms with E-state index in [1.165, 1.54) is 18.2 Å². The van der Waals surface area contributed by atoms with E-state index in [2.05, 4.69) is 26.3 Å². The van der Waals surface area contributed by atoms with Crippen molar-refractivity contribution in [3.05, 3.63) is 45.7 Å². The fourth-order valence-corrected chi connectivity index (χ4v) is 2.30. The van der Waals surface area contributed by atoms with Crippen molar-refractivity contribution in [1.29, 1.82) is 0 Å². The van der Waals surface area contributed by atoms with Gasteiger partial charge in [-0.25, -0.2) is 4.79 Å². The number of benzene rings is 1. The van der Waals surface area contributed by atoms with E-state index >= 15 is 0 Å². The van der Waals surface area contributed by atoms with Crippen LogP contribution in [0.25, 0.3) is 0 Å². The van der Waals surface area contributed by atoms with Gasteiger partial charge < -0.3 is 10.4 Å². The Kier molecular flexibility index (Phi) is 5.20. The van der Waals surface area contributed by atoms with E-state index in [1.54, 1.807) is 24.0 Å². The first kappa shape index (κ1) is 16.5. The van der Waals surface area contributed by atoms with Gasteiger partial charge in [-0.1, -0.05) is 18.5 Å². The van der Waals surface area contributed by atoms with E-state index in [9.17, 15) is 9.59 Å². The number of rotatable bonds is 5. The van der Waals surface area contributed by atoms with Gasteiger partial charge in [-0.2, -0.15) is 5.10 Å². The molecule has 0 saturated carbocycles. The van der Waals surface area contributed by atoms with Gasteiger partial charge in [-0.3, -0.25) is 9.48 Å². The summed E-state index contributed by atoms with van der Waals surface area (Å²) >= 11 is 9.27. The van der Waals surface area contributed by atoms with Crippen LogP contribution in [0.5, 0.6) is 0 Å². The van der Waals surface area contributed by atoms with Crippen molar-refractivity contribution in [2.45, 2.75) is 13.5 Å². The number of carboxylic acid groups (broad SMARTS) is 1. The van der Waals surface area contributed by atoms with Crippen LogP contribution in [-0.4, -0.2) is 26.8 Å². The second-order valence-corrected chi connectivity index (χ2v) is 6.09. The summed E-state index contributed by atoms with van der Waals surface area (Å²) in [6.07, 6.45) is 3.40. The lowest BCUT2D eigenvalue weighted by molar-refractivity contribution is -0.119. The molecule has 1 atom stereocenters. The van der Waals surface area contributed by atoms with Crippen molar-refractivity contribution in [3.8, 4) is 0 Å². The molecule has 1 aromatic heterocycles. The number of hydrogen-bond donors (Lipinski definition) is 2. The number of carboxylic acids is 1. The molecule has 22 heavy (non-hydrogen) atoms. The zero-order valence-corrected chi connectivity index (χ0v) is 13.9. The van der Waals surface area contributed by atoms with Crippen molar-refractivity contribution in [3.63, 3.8) is 0 Å². The van der Waals surface area contributed by atoms with Crippen molar-refractivity contribution >= 4 is 45.1 Å². The Morgan fingerprint density at radius 3 is 2.82 bits per heavy atom. The highest BCUT2D eigenvalue weighted by molar-refractivity contribution is 9.10. The molecule has 0 unspecified atom stereocenters. The third-order valence-corrected chi connectivity index (χ3v) is 3.72. The van der Waals surface area contributed by atoms with E-state index in [0.717, 1.165) is 4.47 Å². The minimum Gasteiger partial charge on any atom is -0.478 e. The highest BCUT2D eigenvalue weighted by Gasteiger charge is 2.16. The number of aromatic carboxylic acids is 1. The number of halogens is 2. The number of carbonyl (C=O) groups is 2. The van der Waals surface area contributed by atoms with E-state index in [4.69, 9.17) is 16.7 Å². The summed E-state index contributed by atoms with van der Waals surface area (Å²) in [5.41, 5.74) is 0.337. The van der Waals surface area contributed by atoms with Crippen LogP contribution >= 0.6 is 27.5 Å². The molecular formula is C14H13BrClN3O3. The molecule has 1 aromatic carbocycles. The standard InChI is InChI=1S/C14H13BrClN3O3/c1-8(6-19-7-10(15)5-17-19)13(20)18-12-4-9(14(21)22)2-3-11(12)16/h2-5,7-8H,6H2,1H3,(H,18,20)(H,21,22)/t8-/m0/s1. The fourth-order valence-electron chi connectivity index (χ4n) is 1.81. The number of amides is 1. The predicted octanol–water partition coefficient (Wildman–Crippen LogP) is 3.27. The van der Waals surface area contributed by atoms with Crippen LogP contribution < -0.4 is 5.32 Å². The van der Waals surface area contributed by atoms with Crippen LogP contribution in [0, 0.1) is 5.92 Å². The molecule has 6 nitrogen and oxygen atoms in total. The number of carbonyl (C=O) groups excluding carboxylic acids is 1. The maximum atomic E-state index is 12.2. The number of nitrogens with one attached hydrogen (secondary N) is 1. The van der Waals surface area contributed by atoms with Crippen molar-refractivity contribution in [2.75, 3.05) is 5.32 Å². The van der Waals surface area contributed by atoms with Crippen LogP contribution in [0.1, 0.15) is 17.3 Å². The minimum absolute atomic E-state index is 0.0587. The van der Waals surface area contributed by atoms with Crippen LogP contribution in [0.2, 0.25) is 5.02 Å². The Labute approximate surface area is 140 Å². The molecule has 2 aromatic rings. The molecule has 8 heteroatoms. The lowest BCUT2D eigenvalue weighted by Gasteiger charge is -2.13. The first-order valence-electron chi connectivity index (χ1n) is 6.38. The molecular weight excluding hydrogens is 374 g/mol. The second-order valence-electron chi connectivity index (χ2n) is 4.77. The first-order chi connectivity index (χ1) is 10.4. The molecule has 2 N–H and O–H groups in total. The normalized spacial score (nSPS) is 12.0. The van der Waals surface area contributed by atoms with E-state index in [-0.39, 0.29) is 28.1 Å². The molecule has 116 valence electrons. The summed E-state index contributed by atoms with van der Waals surface area (Å²) in [5, 5.41) is 16.0. The molecule has 0 aliphatic carbocycles. The maximum absolute atomic E-state index is 12.2. The quantitative estimate of drug-likeness (QED) is 0.826. The van der Waals surface area contributed by atoms with Crippen LogP contribution in [0.15, 0.2) is 35.1 Å². The van der Waals surface area contributed by atoms with Gasteiger partial charge >= 0.3 is 5.97 Å². The number of hydrogen-bond acceptors (Lipinski definition) is 3. The number of nitrogens with zero attached hydrogens (tertiary/aromatic N) is 2. The van der Waals surface area contributed by atoms with E-state index < -0.39 is 5.97 Å². The maximum Gasteiger partial charge on any atom is 0.335 e. The van der Waals surface area contributed by atoms with E-state index in [0.29, 0.717) is 6.54 Å². The van der Waals surface area contributed by atoms with Gasteiger partial charge in [0.05, 0.1) is 39.4 Å². The molecule has 1 amide bonds. The summed E-state index contributed by atoms with van der Waals surface area (Å²) in [4.78, 5) is 23.1. The average molecular weight is 387 g/mol. The van der Waals surface area contributed by atoms with Crippen molar-refractivity contribution in [2.24, 2.45) is 5.92 Å². The Bertz CT molecular complexity index is 717. The number of aromatic nitrogens is 2. The third kappa shape index (κ3) is 4.08. The van der Waals surface area contributed by atoms with Gasteiger partial charge in [-0.05, 0) is 34.1 Å². The molecule has 0 bridgehead atoms. The summed E-state index contributed by atoms with van der Waals surface area (Å²) in [7, 11) is 0. The molecule has 2 rings (SSSR count). The highest BCUT2D eigenvalue weighted by Crippen LogP contribution is 2.24.